The Labute approximate surface area is 115 Å². The molecule has 0 amide bonds. The van der Waals surface area contributed by atoms with Crippen LogP contribution in [0, 0.1) is 11.3 Å². The van der Waals surface area contributed by atoms with E-state index in [-0.39, 0.29) is 0 Å². The molecule has 4 nitrogen and oxygen atoms in total. The van der Waals surface area contributed by atoms with Gasteiger partial charge in [-0.1, -0.05) is 6.42 Å². The van der Waals surface area contributed by atoms with Gasteiger partial charge in [-0.3, -0.25) is 4.99 Å². The highest BCUT2D eigenvalue weighted by Gasteiger charge is 2.66. The average molecular weight is 263 g/mol. The van der Waals surface area contributed by atoms with E-state index >= 15 is 0 Å². The van der Waals surface area contributed by atoms with Crippen molar-refractivity contribution in [2.24, 2.45) is 16.3 Å². The van der Waals surface area contributed by atoms with Gasteiger partial charge in [-0.05, 0) is 39.0 Å². The summed E-state index contributed by atoms with van der Waals surface area (Å²) in [4.78, 5) is 4.62. The van der Waals surface area contributed by atoms with Crippen LogP contribution in [0.4, 0.5) is 0 Å². The number of ether oxygens (including phenoxy) is 1. The van der Waals surface area contributed by atoms with E-state index in [1.54, 1.807) is 0 Å². The van der Waals surface area contributed by atoms with Gasteiger partial charge in [-0.25, -0.2) is 0 Å². The van der Waals surface area contributed by atoms with Crippen molar-refractivity contribution in [1.29, 1.82) is 0 Å². The SMILES string of the molecule is CCN=C(NC1CC1)NC1C2CCOC2C12CCC2. The van der Waals surface area contributed by atoms with Crippen LogP contribution in [0.25, 0.3) is 0 Å². The van der Waals surface area contributed by atoms with Gasteiger partial charge in [-0.15, -0.1) is 0 Å². The summed E-state index contributed by atoms with van der Waals surface area (Å²) in [7, 11) is 0. The van der Waals surface area contributed by atoms with Crippen LogP contribution in [-0.4, -0.2) is 37.3 Å². The average Bonchev–Trinajstić information content (AvgIpc) is 3.04. The maximum absolute atomic E-state index is 5.97. The maximum atomic E-state index is 5.97. The van der Waals surface area contributed by atoms with Gasteiger partial charge in [0.2, 0.25) is 0 Å². The molecule has 1 heterocycles. The quantitative estimate of drug-likeness (QED) is 0.601. The third kappa shape index (κ3) is 1.79. The molecule has 19 heavy (non-hydrogen) atoms. The molecule has 0 bridgehead atoms. The molecule has 1 spiro atoms. The largest absolute Gasteiger partial charge is 0.377 e. The van der Waals surface area contributed by atoms with Gasteiger partial charge in [-0.2, -0.15) is 0 Å². The summed E-state index contributed by atoms with van der Waals surface area (Å²) < 4.78 is 5.97. The summed E-state index contributed by atoms with van der Waals surface area (Å²) >= 11 is 0. The molecule has 4 rings (SSSR count). The third-order valence-corrected chi connectivity index (χ3v) is 5.56. The van der Waals surface area contributed by atoms with Gasteiger partial charge < -0.3 is 15.4 Å². The zero-order valence-electron chi connectivity index (χ0n) is 11.8. The Morgan fingerprint density at radius 2 is 2.11 bits per heavy atom. The lowest BCUT2D eigenvalue weighted by Crippen LogP contribution is -2.72. The Kier molecular flexibility index (Phi) is 2.76. The minimum Gasteiger partial charge on any atom is -0.377 e. The second-order valence-corrected chi connectivity index (χ2v) is 6.69. The van der Waals surface area contributed by atoms with Crippen LogP contribution in [0.2, 0.25) is 0 Å². The molecule has 3 saturated carbocycles. The highest BCUT2D eigenvalue weighted by Crippen LogP contribution is 2.62. The number of hydrogen-bond acceptors (Lipinski definition) is 2. The van der Waals surface area contributed by atoms with E-state index in [1.165, 1.54) is 38.5 Å². The van der Waals surface area contributed by atoms with Gasteiger partial charge in [0.25, 0.3) is 0 Å². The summed E-state index contributed by atoms with van der Waals surface area (Å²) in [5.41, 5.74) is 0.445. The fourth-order valence-electron chi connectivity index (χ4n) is 4.32. The second kappa shape index (κ2) is 4.37. The molecule has 0 aromatic rings. The lowest BCUT2D eigenvalue weighted by Gasteiger charge is -2.63. The van der Waals surface area contributed by atoms with Crippen LogP contribution in [-0.2, 0) is 4.74 Å². The van der Waals surface area contributed by atoms with Gasteiger partial charge in [0.15, 0.2) is 5.96 Å². The number of fused-ring (bicyclic) bond motifs is 2. The molecule has 3 unspecified atom stereocenters. The molecule has 106 valence electrons. The molecule has 0 radical (unpaired) electrons. The predicted molar refractivity (Wildman–Crippen MR) is 75.2 cm³/mol. The van der Waals surface area contributed by atoms with E-state index in [0.717, 1.165) is 25.0 Å². The molecule has 4 fully saturated rings. The topological polar surface area (TPSA) is 45.7 Å². The fraction of sp³-hybridized carbons (Fsp3) is 0.933. The minimum absolute atomic E-state index is 0.445. The Balaban J connectivity index is 1.46. The van der Waals surface area contributed by atoms with Gasteiger partial charge in [0.1, 0.15) is 0 Å². The van der Waals surface area contributed by atoms with E-state index < -0.39 is 0 Å². The summed E-state index contributed by atoms with van der Waals surface area (Å²) in [5.74, 6) is 1.77. The van der Waals surface area contributed by atoms with Gasteiger partial charge >= 0.3 is 0 Å². The van der Waals surface area contributed by atoms with Crippen molar-refractivity contribution >= 4 is 5.96 Å². The molecule has 4 aliphatic rings. The molecule has 3 atom stereocenters. The molecule has 1 saturated heterocycles. The van der Waals surface area contributed by atoms with Crippen LogP contribution < -0.4 is 10.6 Å². The van der Waals surface area contributed by atoms with E-state index in [2.05, 4.69) is 22.5 Å². The van der Waals surface area contributed by atoms with E-state index in [1.807, 2.05) is 0 Å². The van der Waals surface area contributed by atoms with Crippen molar-refractivity contribution in [3.05, 3.63) is 0 Å². The smallest absolute Gasteiger partial charge is 0.191 e. The number of rotatable bonds is 3. The number of nitrogens with zero attached hydrogens (tertiary/aromatic N) is 1. The van der Waals surface area contributed by atoms with Crippen LogP contribution in [0.1, 0.15) is 45.4 Å². The van der Waals surface area contributed by atoms with E-state index in [4.69, 9.17) is 4.74 Å². The maximum Gasteiger partial charge on any atom is 0.191 e. The van der Waals surface area contributed by atoms with Gasteiger partial charge in [0, 0.05) is 36.6 Å². The van der Waals surface area contributed by atoms with Crippen molar-refractivity contribution in [1.82, 2.24) is 10.6 Å². The zero-order valence-corrected chi connectivity index (χ0v) is 11.8. The lowest BCUT2D eigenvalue weighted by atomic mass is 9.46. The molecule has 4 heteroatoms. The normalized spacial score (nSPS) is 39.4. The van der Waals surface area contributed by atoms with E-state index in [9.17, 15) is 0 Å². The second-order valence-electron chi connectivity index (χ2n) is 6.69. The molecule has 2 N–H and O–H groups in total. The summed E-state index contributed by atoms with van der Waals surface area (Å²) in [6.45, 7) is 3.93. The fourth-order valence-corrected chi connectivity index (χ4v) is 4.32. The highest BCUT2D eigenvalue weighted by molar-refractivity contribution is 5.81. The molecule has 0 aromatic carbocycles. The Hall–Kier alpha value is -0.770. The van der Waals surface area contributed by atoms with Crippen LogP contribution in [0.3, 0.4) is 0 Å². The lowest BCUT2D eigenvalue weighted by molar-refractivity contribution is -0.171. The highest BCUT2D eigenvalue weighted by atomic mass is 16.5. The molecule has 0 aromatic heterocycles. The standard InChI is InChI=1S/C15H25N3O/c1-2-16-14(17-10-4-5-10)18-12-11-6-9-19-13(11)15(12)7-3-8-15/h10-13H,2-9H2,1H3,(H2,16,17,18). The van der Waals surface area contributed by atoms with Crippen molar-refractivity contribution in [2.45, 2.75) is 63.6 Å². The van der Waals surface area contributed by atoms with Crippen molar-refractivity contribution in [3.8, 4) is 0 Å². The van der Waals surface area contributed by atoms with Crippen molar-refractivity contribution < 1.29 is 4.74 Å². The van der Waals surface area contributed by atoms with Gasteiger partial charge in [0.05, 0.1) is 6.10 Å². The first-order valence-electron chi connectivity index (χ1n) is 8.02. The first-order chi connectivity index (χ1) is 9.33. The van der Waals surface area contributed by atoms with Crippen molar-refractivity contribution in [2.75, 3.05) is 13.2 Å². The van der Waals surface area contributed by atoms with Crippen molar-refractivity contribution in [3.63, 3.8) is 0 Å². The molecule has 1 aliphatic heterocycles. The van der Waals surface area contributed by atoms with Crippen LogP contribution in [0.5, 0.6) is 0 Å². The first kappa shape index (κ1) is 12.0. The summed E-state index contributed by atoms with van der Waals surface area (Å²) in [6.07, 6.45) is 8.43. The molecule has 3 aliphatic carbocycles. The first-order valence-corrected chi connectivity index (χ1v) is 8.02. The third-order valence-electron chi connectivity index (χ3n) is 5.56. The number of nitrogens with one attached hydrogen (secondary N) is 2. The number of hydrogen-bond donors (Lipinski definition) is 2. The van der Waals surface area contributed by atoms with Crippen LogP contribution >= 0.6 is 0 Å². The predicted octanol–water partition coefficient (Wildman–Crippen LogP) is 1.66. The molecular formula is C15H25N3O. The Morgan fingerprint density at radius 3 is 2.74 bits per heavy atom. The summed E-state index contributed by atoms with van der Waals surface area (Å²) in [6, 6.07) is 1.27. The number of aliphatic imine (C=N–C) groups is 1. The Morgan fingerprint density at radius 1 is 1.26 bits per heavy atom. The Bertz CT molecular complexity index is 387. The summed E-state index contributed by atoms with van der Waals surface area (Å²) in [5, 5.41) is 7.30. The van der Waals surface area contributed by atoms with E-state index in [0.29, 0.717) is 23.6 Å². The zero-order chi connectivity index (χ0) is 12.9. The number of guanidine groups is 1. The monoisotopic (exact) mass is 263 g/mol. The molecular weight excluding hydrogens is 238 g/mol. The minimum atomic E-state index is 0.445. The van der Waals surface area contributed by atoms with Crippen LogP contribution in [0.15, 0.2) is 4.99 Å².